The Balaban J connectivity index is 1.76. The summed E-state index contributed by atoms with van der Waals surface area (Å²) in [6.07, 6.45) is 5.31. The largest absolute Gasteiger partial charge is 0.340 e. The minimum Gasteiger partial charge on any atom is -0.340 e. The van der Waals surface area contributed by atoms with Crippen LogP contribution < -0.4 is 5.32 Å². The van der Waals surface area contributed by atoms with Gasteiger partial charge >= 0.3 is 0 Å². The van der Waals surface area contributed by atoms with Gasteiger partial charge in [0.1, 0.15) is 11.4 Å². The molecule has 5 rings (SSSR count). The number of halogens is 1. The fraction of sp³-hybridized carbons (Fsp3) is 0.200. The van der Waals surface area contributed by atoms with Crippen molar-refractivity contribution < 1.29 is 4.79 Å². The first-order valence-corrected chi connectivity index (χ1v) is 10.3. The maximum atomic E-state index is 11.5. The van der Waals surface area contributed by atoms with Gasteiger partial charge < -0.3 is 9.88 Å². The predicted octanol–water partition coefficient (Wildman–Crippen LogP) is 4.11. The molecule has 0 radical (unpaired) electrons. The molecule has 7 nitrogen and oxygen atoms in total. The third kappa shape index (κ3) is 3.04. The summed E-state index contributed by atoms with van der Waals surface area (Å²) in [5.41, 5.74) is 5.52. The molecule has 0 bridgehead atoms. The van der Waals surface area contributed by atoms with E-state index in [4.69, 9.17) is 16.7 Å². The zero-order valence-corrected chi connectivity index (χ0v) is 17.4. The Morgan fingerprint density at radius 3 is 2.83 bits per heavy atom. The summed E-state index contributed by atoms with van der Waals surface area (Å²) in [5.74, 6) is -0.134. The second kappa shape index (κ2) is 6.82. The Labute approximate surface area is 176 Å². The number of aromatic nitrogens is 5. The molecule has 1 aliphatic carbocycles. The van der Waals surface area contributed by atoms with Crippen LogP contribution in [0.1, 0.15) is 18.2 Å². The lowest BCUT2D eigenvalue weighted by Gasteiger charge is -2.14. The molecule has 0 spiro atoms. The molecule has 1 amide bonds. The van der Waals surface area contributed by atoms with Crippen molar-refractivity contribution in [1.82, 2.24) is 24.3 Å². The van der Waals surface area contributed by atoms with E-state index in [1.807, 2.05) is 46.8 Å². The summed E-state index contributed by atoms with van der Waals surface area (Å²) in [7, 11) is 1.94. The summed E-state index contributed by atoms with van der Waals surface area (Å²) >= 11 is 7.97. The van der Waals surface area contributed by atoms with Gasteiger partial charge in [-0.25, -0.2) is 14.6 Å². The van der Waals surface area contributed by atoms with Crippen molar-refractivity contribution in [3.05, 3.63) is 53.1 Å². The number of hydrogen-bond acceptors (Lipinski definition) is 5. The van der Waals surface area contributed by atoms with E-state index in [9.17, 15) is 4.79 Å². The number of nitrogens with one attached hydrogen (secondary N) is 1. The number of benzene rings is 1. The number of hydrogen-bond donors (Lipinski definition) is 1. The second-order valence-corrected chi connectivity index (χ2v) is 8.35. The van der Waals surface area contributed by atoms with Crippen molar-refractivity contribution in [2.24, 2.45) is 7.05 Å². The van der Waals surface area contributed by atoms with Crippen LogP contribution in [0.15, 0.2) is 36.8 Å². The summed E-state index contributed by atoms with van der Waals surface area (Å²) in [5, 5.41) is 8.94. The van der Waals surface area contributed by atoms with Crippen LogP contribution in [0.3, 0.4) is 0 Å². The van der Waals surface area contributed by atoms with Crippen LogP contribution in [0, 0.1) is 0 Å². The molecule has 0 unspecified atom stereocenters. The highest BCUT2D eigenvalue weighted by atomic mass is 35.5. The fourth-order valence-electron chi connectivity index (χ4n) is 3.61. The van der Waals surface area contributed by atoms with Crippen molar-refractivity contribution in [2.75, 3.05) is 5.32 Å². The highest BCUT2D eigenvalue weighted by Gasteiger charge is 2.30. The molecular weight excluding hydrogens is 408 g/mol. The molecule has 146 valence electrons. The van der Waals surface area contributed by atoms with E-state index in [0.29, 0.717) is 10.2 Å². The van der Waals surface area contributed by atoms with Crippen molar-refractivity contribution in [1.29, 1.82) is 0 Å². The van der Waals surface area contributed by atoms with E-state index in [1.165, 1.54) is 18.3 Å². The molecule has 0 fully saturated rings. The first-order chi connectivity index (χ1) is 14.0. The van der Waals surface area contributed by atoms with Crippen LogP contribution in [-0.4, -0.2) is 30.2 Å². The molecule has 3 heterocycles. The van der Waals surface area contributed by atoms with Crippen molar-refractivity contribution in [3.63, 3.8) is 0 Å². The molecule has 9 heteroatoms. The standard InChI is InChI=1S/C20H17ClN6OS/c1-11(28)23-20-24-14-8-7-12-17(15-9-26(2)10-22-15)25-27(18(12)19(14)29-20)16-6-4-3-5-13(16)21/h3-6,9-10H,7-8H2,1-2H3,(H,23,24,28). The van der Waals surface area contributed by atoms with E-state index < -0.39 is 0 Å². The number of para-hydroxylation sites is 1. The summed E-state index contributed by atoms with van der Waals surface area (Å²) in [6.45, 7) is 1.49. The van der Waals surface area contributed by atoms with Gasteiger partial charge in [-0.3, -0.25) is 4.79 Å². The van der Waals surface area contributed by atoms with Gasteiger partial charge in [-0.15, -0.1) is 0 Å². The molecule has 0 saturated carbocycles. The first kappa shape index (κ1) is 18.1. The van der Waals surface area contributed by atoms with Crippen LogP contribution in [0.4, 0.5) is 5.13 Å². The van der Waals surface area contributed by atoms with Gasteiger partial charge in [0.15, 0.2) is 5.13 Å². The Morgan fingerprint density at radius 1 is 1.28 bits per heavy atom. The minimum atomic E-state index is -0.134. The number of anilines is 1. The topological polar surface area (TPSA) is 77.6 Å². The van der Waals surface area contributed by atoms with E-state index in [2.05, 4.69) is 15.3 Å². The van der Waals surface area contributed by atoms with Crippen molar-refractivity contribution in [2.45, 2.75) is 19.8 Å². The zero-order valence-electron chi connectivity index (χ0n) is 15.8. The molecule has 1 aliphatic rings. The summed E-state index contributed by atoms with van der Waals surface area (Å²) in [6, 6.07) is 7.63. The normalized spacial score (nSPS) is 12.5. The van der Waals surface area contributed by atoms with Gasteiger partial charge in [0.05, 0.1) is 33.3 Å². The van der Waals surface area contributed by atoms with Gasteiger partial charge in [-0.2, -0.15) is 5.10 Å². The number of thiazole rings is 1. The number of carbonyl (C=O) groups excluding carboxylic acids is 1. The molecule has 29 heavy (non-hydrogen) atoms. The lowest BCUT2D eigenvalue weighted by molar-refractivity contribution is -0.114. The number of nitrogens with zero attached hydrogens (tertiary/aromatic N) is 5. The zero-order chi connectivity index (χ0) is 20.1. The molecule has 4 aromatic rings. The van der Waals surface area contributed by atoms with Crippen LogP contribution in [-0.2, 0) is 24.7 Å². The Kier molecular flexibility index (Phi) is 4.25. The van der Waals surface area contributed by atoms with Gasteiger partial charge in [0.25, 0.3) is 0 Å². The number of rotatable bonds is 3. The second-order valence-electron chi connectivity index (χ2n) is 6.94. The third-order valence-corrected chi connectivity index (χ3v) is 6.16. The molecule has 0 saturated heterocycles. The lowest BCUT2D eigenvalue weighted by Crippen LogP contribution is -2.07. The average Bonchev–Trinajstić information content (AvgIpc) is 3.37. The number of fused-ring (bicyclic) bond motifs is 3. The van der Waals surface area contributed by atoms with Gasteiger partial charge in [0.2, 0.25) is 5.91 Å². The smallest absolute Gasteiger partial charge is 0.223 e. The molecule has 0 atom stereocenters. The number of amides is 1. The fourth-order valence-corrected chi connectivity index (χ4v) is 4.94. The highest BCUT2D eigenvalue weighted by molar-refractivity contribution is 7.19. The molecule has 1 N–H and O–H groups in total. The molecule has 1 aromatic carbocycles. The monoisotopic (exact) mass is 424 g/mol. The van der Waals surface area contributed by atoms with E-state index in [0.717, 1.165) is 51.7 Å². The van der Waals surface area contributed by atoms with E-state index >= 15 is 0 Å². The number of aryl methyl sites for hydroxylation is 2. The average molecular weight is 425 g/mol. The summed E-state index contributed by atoms with van der Waals surface area (Å²) < 4.78 is 3.79. The number of imidazole rings is 1. The maximum Gasteiger partial charge on any atom is 0.223 e. The Hall–Kier alpha value is -2.97. The van der Waals surface area contributed by atoms with Crippen LogP contribution >= 0.6 is 22.9 Å². The van der Waals surface area contributed by atoms with Crippen molar-refractivity contribution >= 4 is 34.0 Å². The third-order valence-electron chi connectivity index (χ3n) is 4.82. The first-order valence-electron chi connectivity index (χ1n) is 9.14. The maximum absolute atomic E-state index is 11.5. The van der Waals surface area contributed by atoms with Gasteiger partial charge in [-0.1, -0.05) is 35.1 Å². The SMILES string of the molecule is CC(=O)Nc1nc2c(s1)-c1c(c(-c3cn(C)cn3)nn1-c1ccccc1Cl)CC2. The molecule has 3 aromatic heterocycles. The van der Waals surface area contributed by atoms with Crippen LogP contribution in [0.5, 0.6) is 0 Å². The van der Waals surface area contributed by atoms with Crippen LogP contribution in [0.2, 0.25) is 5.02 Å². The van der Waals surface area contributed by atoms with E-state index in [-0.39, 0.29) is 5.91 Å². The Morgan fingerprint density at radius 2 is 2.10 bits per heavy atom. The molecular formula is C20H17ClN6OS. The minimum absolute atomic E-state index is 0.134. The van der Waals surface area contributed by atoms with Gasteiger partial charge in [0, 0.05) is 25.7 Å². The number of carbonyl (C=O) groups is 1. The highest BCUT2D eigenvalue weighted by Crippen LogP contribution is 2.44. The lowest BCUT2D eigenvalue weighted by atomic mass is 9.96. The predicted molar refractivity (Wildman–Crippen MR) is 114 cm³/mol. The summed E-state index contributed by atoms with van der Waals surface area (Å²) in [4.78, 5) is 21.6. The quantitative estimate of drug-likeness (QED) is 0.537. The van der Waals surface area contributed by atoms with E-state index in [1.54, 1.807) is 6.33 Å². The van der Waals surface area contributed by atoms with Crippen molar-refractivity contribution in [3.8, 4) is 27.6 Å². The van der Waals surface area contributed by atoms with Gasteiger partial charge in [-0.05, 0) is 25.0 Å². The van der Waals surface area contributed by atoms with Crippen LogP contribution in [0.25, 0.3) is 27.6 Å². The Bertz CT molecular complexity index is 1250. The molecule has 0 aliphatic heterocycles.